The van der Waals surface area contributed by atoms with Crippen LogP contribution in [0.1, 0.15) is 21.7 Å². The number of nitrogens with one attached hydrogen (secondary N) is 2. The first-order chi connectivity index (χ1) is 13.0. The minimum atomic E-state index is -0.288. The fourth-order valence-electron chi connectivity index (χ4n) is 2.19. The third-order valence-corrected chi connectivity index (χ3v) is 5.27. The maximum absolute atomic E-state index is 12.3. The Morgan fingerprint density at radius 2 is 1.85 bits per heavy atom. The highest BCUT2D eigenvalue weighted by Crippen LogP contribution is 2.20. The van der Waals surface area contributed by atoms with E-state index in [1.165, 1.54) is 17.3 Å². The molecule has 0 spiro atoms. The molecule has 1 aromatic heterocycles. The quantitative estimate of drug-likeness (QED) is 0.443. The molecule has 0 bridgehead atoms. The van der Waals surface area contributed by atoms with Gasteiger partial charge in [-0.3, -0.25) is 15.5 Å². The van der Waals surface area contributed by atoms with Crippen molar-refractivity contribution in [3.63, 3.8) is 0 Å². The molecule has 0 fully saturated rings. The van der Waals surface area contributed by atoms with Crippen molar-refractivity contribution in [2.75, 3.05) is 5.43 Å². The summed E-state index contributed by atoms with van der Waals surface area (Å²) in [4.78, 5) is 12.3. The molecule has 6 nitrogen and oxygen atoms in total. The van der Waals surface area contributed by atoms with E-state index in [1.54, 1.807) is 28.9 Å². The lowest BCUT2D eigenvalue weighted by Gasteiger charge is -2.13. The lowest BCUT2D eigenvalue weighted by atomic mass is 10.2. The van der Waals surface area contributed by atoms with E-state index < -0.39 is 0 Å². The molecule has 0 radical (unpaired) electrons. The molecule has 0 atom stereocenters. The van der Waals surface area contributed by atoms with Crippen LogP contribution < -0.4 is 10.7 Å². The van der Waals surface area contributed by atoms with Gasteiger partial charge in [-0.1, -0.05) is 58.0 Å². The highest BCUT2D eigenvalue weighted by Gasteiger charge is 2.13. The number of thiocarbonyl (C=S) groups is 1. The van der Waals surface area contributed by atoms with Gasteiger partial charge in [0.1, 0.15) is 5.82 Å². The molecule has 138 valence electrons. The van der Waals surface area contributed by atoms with Gasteiger partial charge in [-0.2, -0.15) is 0 Å². The number of amides is 1. The molecule has 2 aromatic carbocycles. The molecule has 0 saturated carbocycles. The smallest absolute Gasteiger partial charge is 0.257 e. The third-order valence-electron chi connectivity index (χ3n) is 3.55. The predicted octanol–water partition coefficient (Wildman–Crippen LogP) is 3.90. The van der Waals surface area contributed by atoms with Crippen LogP contribution in [0, 0.1) is 6.92 Å². The van der Waals surface area contributed by atoms with Crippen molar-refractivity contribution < 1.29 is 4.79 Å². The number of hydrogen-bond donors (Lipinski definition) is 2. The molecule has 0 aliphatic rings. The maximum Gasteiger partial charge on any atom is 0.257 e. The summed E-state index contributed by atoms with van der Waals surface area (Å²) in [7, 11) is 0. The summed E-state index contributed by atoms with van der Waals surface area (Å²) in [5, 5.41) is 11.7. The summed E-state index contributed by atoms with van der Waals surface area (Å²) in [5.41, 5.74) is 4.66. The van der Waals surface area contributed by atoms with Gasteiger partial charge in [0, 0.05) is 15.8 Å². The number of carbonyl (C=O) groups is 1. The van der Waals surface area contributed by atoms with E-state index in [1.807, 2.05) is 25.1 Å². The van der Waals surface area contributed by atoms with Gasteiger partial charge < -0.3 is 0 Å². The van der Waals surface area contributed by atoms with E-state index in [2.05, 4.69) is 49.0 Å². The van der Waals surface area contributed by atoms with Gasteiger partial charge >= 0.3 is 0 Å². The fraction of sp³-hybridized carbons (Fsp3) is 0.111. The van der Waals surface area contributed by atoms with Crippen LogP contribution in [0.3, 0.4) is 0 Å². The first kappa shape index (κ1) is 19.5. The van der Waals surface area contributed by atoms with E-state index in [0.717, 1.165) is 10.2 Å². The van der Waals surface area contributed by atoms with Crippen LogP contribution in [-0.2, 0) is 5.75 Å². The molecule has 0 aliphatic carbocycles. The minimum Gasteiger partial charge on any atom is -0.298 e. The van der Waals surface area contributed by atoms with Gasteiger partial charge in [0.15, 0.2) is 5.11 Å². The van der Waals surface area contributed by atoms with Gasteiger partial charge in [-0.25, -0.2) is 4.68 Å². The number of aromatic nitrogens is 3. The minimum absolute atomic E-state index is 0.173. The largest absolute Gasteiger partial charge is 0.298 e. The van der Waals surface area contributed by atoms with Crippen molar-refractivity contribution in [1.29, 1.82) is 0 Å². The van der Waals surface area contributed by atoms with E-state index in [0.29, 0.717) is 16.5 Å². The number of nitrogens with zero attached hydrogens (tertiary/aromatic N) is 3. The predicted molar refractivity (Wildman–Crippen MR) is 114 cm³/mol. The van der Waals surface area contributed by atoms with Crippen LogP contribution in [-0.4, -0.2) is 25.9 Å². The van der Waals surface area contributed by atoms with Gasteiger partial charge in [0.25, 0.3) is 5.91 Å². The number of thioether (sulfide) groups is 1. The van der Waals surface area contributed by atoms with E-state index >= 15 is 0 Å². The zero-order valence-electron chi connectivity index (χ0n) is 14.3. The topological polar surface area (TPSA) is 71.8 Å². The van der Waals surface area contributed by atoms with Crippen molar-refractivity contribution in [3.05, 3.63) is 76.0 Å². The van der Waals surface area contributed by atoms with Crippen molar-refractivity contribution >= 4 is 50.9 Å². The molecule has 3 rings (SSSR count). The summed E-state index contributed by atoms with van der Waals surface area (Å²) in [5.74, 6) is 1.11. The first-order valence-electron chi connectivity index (χ1n) is 7.99. The molecule has 0 unspecified atom stereocenters. The van der Waals surface area contributed by atoms with Crippen LogP contribution in [0.4, 0.5) is 0 Å². The number of aryl methyl sites for hydroxylation is 1. The van der Waals surface area contributed by atoms with Gasteiger partial charge in [0.2, 0.25) is 5.16 Å². The molecule has 1 heterocycles. The van der Waals surface area contributed by atoms with Gasteiger partial charge in [-0.15, -0.1) is 10.2 Å². The summed E-state index contributed by atoms with van der Waals surface area (Å²) in [6.07, 6.45) is 0. The normalized spacial score (nSPS) is 10.4. The molecule has 3 aromatic rings. The SMILES string of the molecule is Cc1nnc(SCc2ccccc2)n1NC(=S)NC(=O)c1ccc(Br)cc1. The average molecular weight is 462 g/mol. The Labute approximate surface area is 174 Å². The number of rotatable bonds is 5. The van der Waals surface area contributed by atoms with Crippen molar-refractivity contribution in [2.45, 2.75) is 17.8 Å². The van der Waals surface area contributed by atoms with E-state index in [-0.39, 0.29) is 11.0 Å². The van der Waals surface area contributed by atoms with E-state index in [4.69, 9.17) is 12.2 Å². The Balaban J connectivity index is 1.62. The highest BCUT2D eigenvalue weighted by molar-refractivity contribution is 9.10. The molecule has 9 heteroatoms. The Morgan fingerprint density at radius 3 is 2.56 bits per heavy atom. The molecule has 1 amide bonds. The number of hydrogen-bond acceptors (Lipinski definition) is 5. The number of halogens is 1. The molecular formula is C18H16BrN5OS2. The Kier molecular flexibility index (Phi) is 6.59. The van der Waals surface area contributed by atoms with Gasteiger partial charge in [-0.05, 0) is 49.0 Å². The average Bonchev–Trinajstić information content (AvgIpc) is 3.01. The van der Waals surface area contributed by atoms with Crippen LogP contribution in [0.15, 0.2) is 64.2 Å². The third kappa shape index (κ3) is 5.38. The summed E-state index contributed by atoms with van der Waals surface area (Å²) >= 11 is 10.1. The molecule has 0 saturated heterocycles. The monoisotopic (exact) mass is 461 g/mol. The van der Waals surface area contributed by atoms with Crippen molar-refractivity contribution in [2.24, 2.45) is 0 Å². The van der Waals surface area contributed by atoms with Crippen LogP contribution >= 0.6 is 39.9 Å². The second-order valence-corrected chi connectivity index (χ2v) is 7.81. The zero-order chi connectivity index (χ0) is 19.2. The Bertz CT molecular complexity index is 944. The van der Waals surface area contributed by atoms with Crippen LogP contribution in [0.5, 0.6) is 0 Å². The first-order valence-corrected chi connectivity index (χ1v) is 10.2. The molecule has 0 aliphatic heterocycles. The van der Waals surface area contributed by atoms with Crippen molar-refractivity contribution in [1.82, 2.24) is 20.2 Å². The summed E-state index contributed by atoms with van der Waals surface area (Å²) in [6, 6.07) is 17.1. The zero-order valence-corrected chi connectivity index (χ0v) is 17.6. The number of benzene rings is 2. The summed E-state index contributed by atoms with van der Waals surface area (Å²) < 4.78 is 2.57. The van der Waals surface area contributed by atoms with E-state index in [9.17, 15) is 4.79 Å². The van der Waals surface area contributed by atoms with Crippen molar-refractivity contribution in [3.8, 4) is 0 Å². The molecule has 27 heavy (non-hydrogen) atoms. The highest BCUT2D eigenvalue weighted by atomic mass is 79.9. The lowest BCUT2D eigenvalue weighted by molar-refractivity contribution is 0.0977. The summed E-state index contributed by atoms with van der Waals surface area (Å²) in [6.45, 7) is 1.81. The fourth-order valence-corrected chi connectivity index (χ4v) is 3.54. The number of carbonyl (C=O) groups excluding carboxylic acids is 1. The maximum atomic E-state index is 12.3. The Morgan fingerprint density at radius 1 is 1.15 bits per heavy atom. The second kappa shape index (κ2) is 9.12. The van der Waals surface area contributed by atoms with Gasteiger partial charge in [0.05, 0.1) is 0 Å². The Hall–Kier alpha value is -2.23. The molecular weight excluding hydrogens is 446 g/mol. The van der Waals surface area contributed by atoms with Crippen LogP contribution in [0.2, 0.25) is 0 Å². The molecule has 2 N–H and O–H groups in total. The standard InChI is InChI=1S/C18H16BrN5OS2/c1-12-21-22-18(27-11-13-5-3-2-4-6-13)24(12)23-17(26)20-16(25)14-7-9-15(19)10-8-14/h2-10H,11H2,1H3,(H2,20,23,25,26). The van der Waals surface area contributed by atoms with Crippen LogP contribution in [0.25, 0.3) is 0 Å². The lowest BCUT2D eigenvalue weighted by Crippen LogP contribution is -2.38. The second-order valence-electron chi connectivity index (χ2n) is 5.54.